The summed E-state index contributed by atoms with van der Waals surface area (Å²) in [6.45, 7) is 1.09. The van der Waals surface area contributed by atoms with Crippen LogP contribution in [0.3, 0.4) is 0 Å². The van der Waals surface area contributed by atoms with Crippen molar-refractivity contribution in [1.29, 1.82) is 0 Å². The smallest absolute Gasteiger partial charge is 0.230 e. The lowest BCUT2D eigenvalue weighted by atomic mass is 10.0. The van der Waals surface area contributed by atoms with Crippen molar-refractivity contribution in [2.45, 2.75) is 50.5 Å². The van der Waals surface area contributed by atoms with E-state index in [9.17, 15) is 0 Å². The van der Waals surface area contributed by atoms with Crippen LogP contribution in [0.5, 0.6) is 0 Å². The number of aromatic nitrogens is 2. The predicted molar refractivity (Wildman–Crippen MR) is 62.5 cm³/mol. The van der Waals surface area contributed by atoms with E-state index >= 15 is 0 Å². The van der Waals surface area contributed by atoms with Gasteiger partial charge in [0.2, 0.25) is 5.89 Å². The molecule has 0 bridgehead atoms. The summed E-state index contributed by atoms with van der Waals surface area (Å²) in [5.41, 5.74) is 0. The molecule has 0 amide bonds. The number of hydrogen-bond acceptors (Lipinski definition) is 4. The van der Waals surface area contributed by atoms with E-state index in [0.29, 0.717) is 12.0 Å². The van der Waals surface area contributed by atoms with Crippen LogP contribution in [0.15, 0.2) is 4.52 Å². The number of nitrogens with zero attached hydrogens (tertiary/aromatic N) is 2. The molecule has 1 aromatic heterocycles. The molecule has 1 N–H and O–H groups in total. The van der Waals surface area contributed by atoms with E-state index in [1.807, 2.05) is 0 Å². The number of rotatable bonds is 2. The maximum atomic E-state index is 5.48. The van der Waals surface area contributed by atoms with Crippen molar-refractivity contribution >= 4 is 0 Å². The first kappa shape index (κ1) is 10.1. The summed E-state index contributed by atoms with van der Waals surface area (Å²) >= 11 is 0. The monoisotopic (exact) mass is 233 g/mol. The Bertz CT molecular complexity index is 384. The molecule has 3 aliphatic rings. The van der Waals surface area contributed by atoms with Crippen LogP contribution >= 0.6 is 0 Å². The van der Waals surface area contributed by atoms with Gasteiger partial charge in [-0.3, -0.25) is 0 Å². The highest BCUT2D eigenvalue weighted by Crippen LogP contribution is 2.62. The van der Waals surface area contributed by atoms with Gasteiger partial charge in [0.1, 0.15) is 0 Å². The minimum atomic E-state index is 0.333. The highest BCUT2D eigenvalue weighted by atomic mass is 16.5. The molecule has 4 rings (SSSR count). The summed E-state index contributed by atoms with van der Waals surface area (Å²) in [7, 11) is 0. The molecule has 3 unspecified atom stereocenters. The van der Waals surface area contributed by atoms with Gasteiger partial charge in [-0.05, 0) is 44.1 Å². The molecule has 3 fully saturated rings. The molecule has 0 aromatic carbocycles. The van der Waals surface area contributed by atoms with Crippen LogP contribution < -0.4 is 5.32 Å². The zero-order chi connectivity index (χ0) is 11.2. The molecule has 0 spiro atoms. The number of nitrogens with one attached hydrogen (secondary N) is 1. The third-order valence-electron chi connectivity index (χ3n) is 4.77. The molecular weight excluding hydrogens is 214 g/mol. The van der Waals surface area contributed by atoms with E-state index in [1.165, 1.54) is 32.1 Å². The topological polar surface area (TPSA) is 51.0 Å². The van der Waals surface area contributed by atoms with E-state index in [4.69, 9.17) is 4.52 Å². The van der Waals surface area contributed by atoms with Gasteiger partial charge < -0.3 is 9.84 Å². The molecule has 2 heterocycles. The quantitative estimate of drug-likeness (QED) is 0.852. The summed E-state index contributed by atoms with van der Waals surface area (Å²) in [6, 6.07) is 0.333. The van der Waals surface area contributed by atoms with Crippen molar-refractivity contribution in [1.82, 2.24) is 15.5 Å². The Morgan fingerprint density at radius 2 is 1.94 bits per heavy atom. The number of hydrogen-bond donors (Lipinski definition) is 1. The SMILES string of the molecule is C1CCC(c2noc(C3C4CCCC43)n2)NC1. The summed E-state index contributed by atoms with van der Waals surface area (Å²) < 4.78 is 5.48. The molecule has 17 heavy (non-hydrogen) atoms. The second-order valence-corrected chi connectivity index (χ2v) is 5.78. The molecule has 4 heteroatoms. The van der Waals surface area contributed by atoms with Crippen LogP contribution in [0.25, 0.3) is 0 Å². The van der Waals surface area contributed by atoms with Crippen LogP contribution in [0.4, 0.5) is 0 Å². The maximum absolute atomic E-state index is 5.48. The maximum Gasteiger partial charge on any atom is 0.230 e. The molecule has 3 atom stereocenters. The van der Waals surface area contributed by atoms with Crippen molar-refractivity contribution in [2.75, 3.05) is 6.54 Å². The third-order valence-corrected chi connectivity index (χ3v) is 4.77. The minimum Gasteiger partial charge on any atom is -0.339 e. The van der Waals surface area contributed by atoms with Gasteiger partial charge in [0.25, 0.3) is 0 Å². The fraction of sp³-hybridized carbons (Fsp3) is 0.846. The zero-order valence-electron chi connectivity index (χ0n) is 10.1. The lowest BCUT2D eigenvalue weighted by molar-refractivity contribution is 0.343. The van der Waals surface area contributed by atoms with Gasteiger partial charge in [0.15, 0.2) is 5.82 Å². The summed E-state index contributed by atoms with van der Waals surface area (Å²) in [5, 5.41) is 7.65. The third kappa shape index (κ3) is 1.61. The van der Waals surface area contributed by atoms with Crippen LogP contribution in [0, 0.1) is 11.8 Å². The molecule has 92 valence electrons. The Labute approximate surface area is 101 Å². The van der Waals surface area contributed by atoms with E-state index in [-0.39, 0.29) is 0 Å². The zero-order valence-corrected chi connectivity index (χ0v) is 10.1. The van der Waals surface area contributed by atoms with Crippen molar-refractivity contribution in [2.24, 2.45) is 11.8 Å². The van der Waals surface area contributed by atoms with Gasteiger partial charge in [0, 0.05) is 5.92 Å². The van der Waals surface area contributed by atoms with Gasteiger partial charge in [-0.2, -0.15) is 4.98 Å². The Morgan fingerprint density at radius 1 is 1.06 bits per heavy atom. The van der Waals surface area contributed by atoms with Crippen molar-refractivity contribution < 1.29 is 4.52 Å². The van der Waals surface area contributed by atoms with Crippen LogP contribution in [0.1, 0.15) is 62.2 Å². The largest absolute Gasteiger partial charge is 0.339 e. The molecule has 1 saturated heterocycles. The Hall–Kier alpha value is -0.900. The first-order chi connectivity index (χ1) is 8.43. The molecule has 2 aliphatic carbocycles. The van der Waals surface area contributed by atoms with E-state index in [0.717, 1.165) is 36.5 Å². The van der Waals surface area contributed by atoms with Gasteiger partial charge in [-0.25, -0.2) is 0 Å². The van der Waals surface area contributed by atoms with Crippen LogP contribution in [0.2, 0.25) is 0 Å². The van der Waals surface area contributed by atoms with Crippen molar-refractivity contribution in [3.8, 4) is 0 Å². The van der Waals surface area contributed by atoms with Crippen LogP contribution in [-0.4, -0.2) is 16.7 Å². The normalized spacial score (nSPS) is 40.2. The molecule has 0 radical (unpaired) electrons. The van der Waals surface area contributed by atoms with Crippen LogP contribution in [-0.2, 0) is 0 Å². The van der Waals surface area contributed by atoms with Crippen molar-refractivity contribution in [3.63, 3.8) is 0 Å². The molecule has 2 saturated carbocycles. The van der Waals surface area contributed by atoms with Gasteiger partial charge in [0.05, 0.1) is 6.04 Å². The first-order valence-electron chi connectivity index (χ1n) is 7.00. The summed E-state index contributed by atoms with van der Waals surface area (Å²) in [6.07, 6.45) is 7.83. The second-order valence-electron chi connectivity index (χ2n) is 5.78. The van der Waals surface area contributed by atoms with E-state index in [2.05, 4.69) is 15.5 Å². The van der Waals surface area contributed by atoms with E-state index < -0.39 is 0 Å². The number of fused-ring (bicyclic) bond motifs is 1. The molecule has 4 nitrogen and oxygen atoms in total. The van der Waals surface area contributed by atoms with Gasteiger partial charge in [-0.15, -0.1) is 0 Å². The fourth-order valence-corrected chi connectivity index (χ4v) is 3.78. The fourth-order valence-electron chi connectivity index (χ4n) is 3.78. The predicted octanol–water partition coefficient (Wildman–Crippen LogP) is 2.40. The Balaban J connectivity index is 1.49. The average Bonchev–Trinajstić information content (AvgIpc) is 2.81. The van der Waals surface area contributed by atoms with Gasteiger partial charge >= 0.3 is 0 Å². The van der Waals surface area contributed by atoms with E-state index in [1.54, 1.807) is 0 Å². The minimum absolute atomic E-state index is 0.333. The summed E-state index contributed by atoms with van der Waals surface area (Å²) in [4.78, 5) is 4.64. The van der Waals surface area contributed by atoms with Gasteiger partial charge in [-0.1, -0.05) is 18.0 Å². The van der Waals surface area contributed by atoms with Crippen molar-refractivity contribution in [3.05, 3.63) is 11.7 Å². The summed E-state index contributed by atoms with van der Waals surface area (Å²) in [5.74, 6) is 4.14. The lowest BCUT2D eigenvalue weighted by Gasteiger charge is -2.19. The second kappa shape index (κ2) is 3.80. The Kier molecular flexibility index (Phi) is 2.25. The molecular formula is C13H19N3O. The number of piperidine rings is 1. The highest BCUT2D eigenvalue weighted by Gasteiger charge is 2.56. The highest BCUT2D eigenvalue weighted by molar-refractivity contribution is 5.16. The lowest BCUT2D eigenvalue weighted by Crippen LogP contribution is -2.27. The first-order valence-corrected chi connectivity index (χ1v) is 7.00. The molecule has 1 aromatic rings. The molecule has 1 aliphatic heterocycles. The Morgan fingerprint density at radius 3 is 2.71 bits per heavy atom. The standard InChI is InChI=1S/C13H19N3O/c1-2-7-14-10(6-1)12-15-13(17-16-12)11-8-4-3-5-9(8)11/h8-11,14H,1-7H2. The average molecular weight is 233 g/mol.